The molecule has 1 aliphatic rings. The third-order valence-corrected chi connectivity index (χ3v) is 3.53. The average molecular weight is 286 g/mol. The number of aromatic nitrogens is 2. The Morgan fingerprint density at radius 1 is 1.29 bits per heavy atom. The van der Waals surface area contributed by atoms with Crippen LogP contribution in [-0.2, 0) is 17.8 Å². The van der Waals surface area contributed by atoms with Gasteiger partial charge in [-0.05, 0) is 24.1 Å². The monoisotopic (exact) mass is 286 g/mol. The Balaban J connectivity index is 1.90. The largest absolute Gasteiger partial charge is 0.372 e. The van der Waals surface area contributed by atoms with Crippen LogP contribution >= 0.6 is 0 Å². The van der Waals surface area contributed by atoms with Gasteiger partial charge in [-0.2, -0.15) is 0 Å². The molecule has 0 atom stereocenters. The van der Waals surface area contributed by atoms with E-state index in [0.29, 0.717) is 36.6 Å². The van der Waals surface area contributed by atoms with Crippen LogP contribution in [0, 0.1) is 5.82 Å². The van der Waals surface area contributed by atoms with Crippen molar-refractivity contribution in [2.24, 2.45) is 0 Å². The Morgan fingerprint density at radius 3 is 2.86 bits per heavy atom. The normalized spacial score (nSPS) is 14.0. The van der Waals surface area contributed by atoms with Crippen molar-refractivity contribution in [1.29, 1.82) is 0 Å². The van der Waals surface area contributed by atoms with Gasteiger partial charge in [0.2, 0.25) is 5.91 Å². The number of nitrogens with zero attached hydrogens (tertiary/aromatic N) is 3. The second-order valence-corrected chi connectivity index (χ2v) is 4.90. The van der Waals surface area contributed by atoms with E-state index in [1.165, 1.54) is 12.1 Å². The maximum atomic E-state index is 13.5. The summed E-state index contributed by atoms with van der Waals surface area (Å²) in [4.78, 5) is 22.1. The number of benzene rings is 1. The Kier molecular flexibility index (Phi) is 3.51. The molecule has 2 aromatic rings. The highest BCUT2D eigenvalue weighted by Gasteiger charge is 2.25. The van der Waals surface area contributed by atoms with Crippen LogP contribution in [0.25, 0.3) is 0 Å². The van der Waals surface area contributed by atoms with Crippen molar-refractivity contribution in [3.8, 4) is 0 Å². The van der Waals surface area contributed by atoms with Crippen molar-refractivity contribution in [1.82, 2.24) is 9.97 Å². The summed E-state index contributed by atoms with van der Waals surface area (Å²) in [6, 6.07) is 4.57. The summed E-state index contributed by atoms with van der Waals surface area (Å²) in [6.07, 6.45) is 4.30. The molecule has 21 heavy (non-hydrogen) atoms. The predicted octanol–water partition coefficient (Wildman–Crippen LogP) is 2.14. The van der Waals surface area contributed by atoms with E-state index in [1.54, 1.807) is 30.4 Å². The number of carbonyl (C=O) groups excluding carboxylic acids is 1. The summed E-state index contributed by atoms with van der Waals surface area (Å²) in [7, 11) is 1.76. The van der Waals surface area contributed by atoms with Crippen LogP contribution in [0.4, 0.5) is 15.9 Å². The molecule has 1 aromatic carbocycles. The van der Waals surface area contributed by atoms with Crippen LogP contribution in [0.15, 0.2) is 30.6 Å². The number of aryl methyl sites for hydroxylation is 1. The third-order valence-electron chi connectivity index (χ3n) is 3.53. The highest BCUT2D eigenvalue weighted by atomic mass is 19.1. The van der Waals surface area contributed by atoms with E-state index in [2.05, 4.69) is 15.3 Å². The highest BCUT2D eigenvalue weighted by Crippen LogP contribution is 2.29. The second-order valence-electron chi connectivity index (χ2n) is 4.90. The number of nitrogens with one attached hydrogen (secondary N) is 1. The lowest BCUT2D eigenvalue weighted by atomic mass is 10.0. The fraction of sp³-hybridized carbons (Fsp3) is 0.267. The lowest BCUT2D eigenvalue weighted by Gasteiger charge is -2.29. The lowest BCUT2D eigenvalue weighted by molar-refractivity contribution is -0.119. The molecule has 3 rings (SSSR count). The van der Waals surface area contributed by atoms with Gasteiger partial charge < -0.3 is 10.2 Å². The molecule has 0 saturated carbocycles. The molecule has 6 heteroatoms. The summed E-state index contributed by atoms with van der Waals surface area (Å²) in [5.74, 6) is 0.299. The summed E-state index contributed by atoms with van der Waals surface area (Å²) in [6.45, 7) is 0.298. The van der Waals surface area contributed by atoms with E-state index >= 15 is 0 Å². The minimum Gasteiger partial charge on any atom is -0.372 e. The van der Waals surface area contributed by atoms with E-state index < -0.39 is 0 Å². The van der Waals surface area contributed by atoms with Gasteiger partial charge >= 0.3 is 0 Å². The molecule has 0 unspecified atom stereocenters. The van der Waals surface area contributed by atoms with Crippen molar-refractivity contribution in [2.45, 2.75) is 19.4 Å². The molecule has 0 radical (unpaired) electrons. The highest BCUT2D eigenvalue weighted by molar-refractivity contribution is 5.96. The van der Waals surface area contributed by atoms with Gasteiger partial charge in [-0.15, -0.1) is 0 Å². The molecule has 5 nitrogen and oxygen atoms in total. The zero-order valence-electron chi connectivity index (χ0n) is 11.6. The van der Waals surface area contributed by atoms with Crippen LogP contribution in [0.2, 0.25) is 0 Å². The molecular formula is C15H15FN4O. The first-order valence-electron chi connectivity index (χ1n) is 6.75. The Labute approximate surface area is 121 Å². The lowest BCUT2D eigenvalue weighted by Crippen LogP contribution is -2.35. The molecule has 108 valence electrons. The Morgan fingerprint density at radius 2 is 2.14 bits per heavy atom. The van der Waals surface area contributed by atoms with Gasteiger partial charge in [0.25, 0.3) is 0 Å². The van der Waals surface area contributed by atoms with Crippen molar-refractivity contribution in [3.63, 3.8) is 0 Å². The van der Waals surface area contributed by atoms with Gasteiger partial charge in [0.1, 0.15) is 11.6 Å². The number of halogens is 1. The number of hydrogen-bond acceptors (Lipinski definition) is 4. The van der Waals surface area contributed by atoms with Gasteiger partial charge in [-0.3, -0.25) is 9.78 Å². The van der Waals surface area contributed by atoms with Crippen LogP contribution in [0.1, 0.15) is 17.7 Å². The molecule has 0 bridgehead atoms. The fourth-order valence-electron chi connectivity index (χ4n) is 2.41. The summed E-state index contributed by atoms with van der Waals surface area (Å²) < 4.78 is 13.5. The van der Waals surface area contributed by atoms with Gasteiger partial charge in [0, 0.05) is 13.5 Å². The van der Waals surface area contributed by atoms with Crippen LogP contribution in [-0.4, -0.2) is 22.9 Å². The molecule has 1 aliphatic heterocycles. The zero-order valence-corrected chi connectivity index (χ0v) is 11.6. The molecule has 0 aliphatic carbocycles. The van der Waals surface area contributed by atoms with E-state index in [9.17, 15) is 9.18 Å². The number of carbonyl (C=O) groups is 1. The van der Waals surface area contributed by atoms with E-state index in [1.807, 2.05) is 0 Å². The summed E-state index contributed by atoms with van der Waals surface area (Å²) in [5.41, 5.74) is 2.28. The molecule has 1 amide bonds. The fourth-order valence-corrected chi connectivity index (χ4v) is 2.41. The average Bonchev–Trinajstić information content (AvgIpc) is 2.51. The first-order chi connectivity index (χ1) is 10.2. The molecule has 1 aromatic heterocycles. The van der Waals surface area contributed by atoms with Crippen molar-refractivity contribution in [2.75, 3.05) is 17.3 Å². The van der Waals surface area contributed by atoms with Crippen molar-refractivity contribution in [3.05, 3.63) is 47.7 Å². The maximum Gasteiger partial charge on any atom is 0.227 e. The Hall–Kier alpha value is -2.50. The molecule has 2 heterocycles. The van der Waals surface area contributed by atoms with Gasteiger partial charge in [0.15, 0.2) is 0 Å². The zero-order chi connectivity index (χ0) is 14.8. The molecular weight excluding hydrogens is 271 g/mol. The first-order valence-corrected chi connectivity index (χ1v) is 6.75. The van der Waals surface area contributed by atoms with E-state index in [4.69, 9.17) is 0 Å². The quantitative estimate of drug-likeness (QED) is 0.939. The molecule has 0 spiro atoms. The van der Waals surface area contributed by atoms with Gasteiger partial charge in [0.05, 0.1) is 30.3 Å². The number of anilines is 2. The van der Waals surface area contributed by atoms with Gasteiger partial charge in [-0.25, -0.2) is 9.37 Å². The van der Waals surface area contributed by atoms with Crippen LogP contribution in [0.5, 0.6) is 0 Å². The topological polar surface area (TPSA) is 58.1 Å². The van der Waals surface area contributed by atoms with Crippen molar-refractivity contribution < 1.29 is 9.18 Å². The molecule has 1 N–H and O–H groups in total. The van der Waals surface area contributed by atoms with Crippen LogP contribution in [0.3, 0.4) is 0 Å². The van der Waals surface area contributed by atoms with Gasteiger partial charge in [-0.1, -0.05) is 6.07 Å². The Bertz CT molecular complexity index is 672. The standard InChI is InChI=1S/C15H15FN4O/c1-17-14-8-18-12(7-19-14)9-20-13-6-11(16)4-2-10(13)3-5-15(20)21/h2,4,6-8H,3,5,9H2,1H3,(H,17,19). The summed E-state index contributed by atoms with van der Waals surface area (Å²) >= 11 is 0. The SMILES string of the molecule is CNc1cnc(CN2C(=O)CCc3ccc(F)cc32)cn1. The second kappa shape index (κ2) is 5.47. The molecule has 0 saturated heterocycles. The third kappa shape index (κ3) is 2.69. The van der Waals surface area contributed by atoms with Crippen molar-refractivity contribution >= 4 is 17.4 Å². The number of hydrogen-bond donors (Lipinski definition) is 1. The van der Waals surface area contributed by atoms with E-state index in [-0.39, 0.29) is 11.7 Å². The van der Waals surface area contributed by atoms with Crippen LogP contribution < -0.4 is 10.2 Å². The summed E-state index contributed by atoms with van der Waals surface area (Å²) in [5, 5.41) is 2.89. The minimum atomic E-state index is -0.343. The first kappa shape index (κ1) is 13.5. The number of amides is 1. The number of fused-ring (bicyclic) bond motifs is 1. The maximum absolute atomic E-state index is 13.5. The number of rotatable bonds is 3. The predicted molar refractivity (Wildman–Crippen MR) is 77.5 cm³/mol. The minimum absolute atomic E-state index is 0.0207. The smallest absolute Gasteiger partial charge is 0.227 e. The van der Waals surface area contributed by atoms with E-state index in [0.717, 1.165) is 5.56 Å². The molecule has 0 fully saturated rings.